The van der Waals surface area contributed by atoms with Crippen molar-refractivity contribution in [2.24, 2.45) is 0 Å². The molecule has 0 fully saturated rings. The van der Waals surface area contributed by atoms with Gasteiger partial charge in [-0.05, 0) is 56.2 Å². The van der Waals surface area contributed by atoms with E-state index in [1.165, 1.54) is 25.2 Å². The number of nitrogens with zero attached hydrogens (tertiary/aromatic N) is 2. The Hall–Kier alpha value is -3.57. The summed E-state index contributed by atoms with van der Waals surface area (Å²) in [7, 11) is -1.09. The SMILES string of the molecule is COc1ccc(OC)c(N(CC(=O)N(Cc2ccc(Br)cc2)C(Cc2ccccc2)C(=O)NC(C)(C)C)S(C)(=O)=O)c1. The van der Waals surface area contributed by atoms with Crippen LogP contribution >= 0.6 is 15.9 Å². The van der Waals surface area contributed by atoms with Crippen LogP contribution in [-0.4, -0.2) is 63.7 Å². The summed E-state index contributed by atoms with van der Waals surface area (Å²) in [4.78, 5) is 29.5. The van der Waals surface area contributed by atoms with Gasteiger partial charge in [-0.3, -0.25) is 13.9 Å². The van der Waals surface area contributed by atoms with Crippen molar-refractivity contribution in [3.05, 3.63) is 88.4 Å². The topological polar surface area (TPSA) is 105 Å². The minimum atomic E-state index is -3.97. The zero-order chi connectivity index (χ0) is 31.1. The van der Waals surface area contributed by atoms with Gasteiger partial charge in [0.1, 0.15) is 24.1 Å². The zero-order valence-electron chi connectivity index (χ0n) is 24.8. The number of methoxy groups -OCH3 is 2. The van der Waals surface area contributed by atoms with Crippen molar-refractivity contribution in [3.63, 3.8) is 0 Å². The van der Waals surface area contributed by atoms with Crippen molar-refractivity contribution < 1.29 is 27.5 Å². The number of ether oxygens (including phenoxy) is 2. The maximum atomic E-state index is 14.3. The summed E-state index contributed by atoms with van der Waals surface area (Å²) in [6, 6.07) is 20.6. The number of halogens is 1. The van der Waals surface area contributed by atoms with Gasteiger partial charge in [-0.1, -0.05) is 58.4 Å². The smallest absolute Gasteiger partial charge is 0.244 e. The molecule has 1 unspecified atom stereocenters. The highest BCUT2D eigenvalue weighted by Gasteiger charge is 2.35. The highest BCUT2D eigenvalue weighted by molar-refractivity contribution is 9.10. The predicted molar refractivity (Wildman–Crippen MR) is 168 cm³/mol. The zero-order valence-corrected chi connectivity index (χ0v) is 27.2. The number of hydrogen-bond donors (Lipinski definition) is 1. The van der Waals surface area contributed by atoms with Gasteiger partial charge in [0, 0.05) is 29.0 Å². The van der Waals surface area contributed by atoms with Crippen molar-refractivity contribution in [1.29, 1.82) is 0 Å². The molecule has 0 saturated carbocycles. The summed E-state index contributed by atoms with van der Waals surface area (Å²) in [5, 5.41) is 3.01. The third kappa shape index (κ3) is 9.22. The van der Waals surface area contributed by atoms with E-state index in [2.05, 4.69) is 21.2 Å². The lowest BCUT2D eigenvalue weighted by Crippen LogP contribution is -2.56. The third-order valence-electron chi connectivity index (χ3n) is 6.37. The molecule has 11 heteroatoms. The van der Waals surface area contributed by atoms with Crippen LogP contribution in [0.4, 0.5) is 5.69 Å². The molecular formula is C31H38BrN3O6S. The fraction of sp³-hybridized carbons (Fsp3) is 0.355. The largest absolute Gasteiger partial charge is 0.497 e. The summed E-state index contributed by atoms with van der Waals surface area (Å²) >= 11 is 3.44. The predicted octanol–water partition coefficient (Wildman–Crippen LogP) is 4.79. The van der Waals surface area contributed by atoms with Crippen LogP contribution in [0.25, 0.3) is 0 Å². The first-order valence-electron chi connectivity index (χ1n) is 13.3. The van der Waals surface area contributed by atoms with E-state index in [9.17, 15) is 18.0 Å². The van der Waals surface area contributed by atoms with Crippen molar-refractivity contribution in [2.75, 3.05) is 31.3 Å². The molecule has 2 amide bonds. The molecule has 1 N–H and O–H groups in total. The molecule has 0 aliphatic rings. The molecule has 42 heavy (non-hydrogen) atoms. The molecule has 0 radical (unpaired) electrons. The Morgan fingerprint density at radius 2 is 1.57 bits per heavy atom. The molecule has 3 rings (SSSR count). The summed E-state index contributed by atoms with van der Waals surface area (Å²) in [5.41, 5.74) is 1.22. The number of benzene rings is 3. The number of carbonyl (C=O) groups is 2. The summed E-state index contributed by atoms with van der Waals surface area (Å²) in [6.07, 6.45) is 1.25. The Kier molecular flexibility index (Phi) is 11.0. The van der Waals surface area contributed by atoms with Gasteiger partial charge < -0.3 is 19.7 Å². The van der Waals surface area contributed by atoms with Crippen LogP contribution in [0.5, 0.6) is 11.5 Å². The molecule has 9 nitrogen and oxygen atoms in total. The molecule has 0 heterocycles. The molecule has 3 aromatic carbocycles. The normalized spacial score (nSPS) is 12.3. The van der Waals surface area contributed by atoms with Crippen molar-refractivity contribution in [2.45, 2.75) is 45.3 Å². The summed E-state index contributed by atoms with van der Waals surface area (Å²) in [5.74, 6) is -0.259. The molecule has 1 atom stereocenters. The minimum absolute atomic E-state index is 0.0774. The van der Waals surface area contributed by atoms with Gasteiger partial charge in [0.25, 0.3) is 0 Å². The number of hydrogen-bond acceptors (Lipinski definition) is 6. The Balaban J connectivity index is 2.12. The van der Waals surface area contributed by atoms with Gasteiger partial charge in [0.15, 0.2) is 0 Å². The number of carbonyl (C=O) groups excluding carboxylic acids is 2. The second-order valence-corrected chi connectivity index (χ2v) is 13.7. The lowest BCUT2D eigenvalue weighted by Gasteiger charge is -2.35. The Bertz CT molecular complexity index is 1470. The number of rotatable bonds is 12. The molecule has 0 bridgehead atoms. The van der Waals surface area contributed by atoms with Crippen LogP contribution in [0.2, 0.25) is 0 Å². The minimum Gasteiger partial charge on any atom is -0.497 e. The van der Waals surface area contributed by atoms with E-state index < -0.39 is 34.1 Å². The van der Waals surface area contributed by atoms with Gasteiger partial charge in [-0.2, -0.15) is 0 Å². The van der Waals surface area contributed by atoms with Crippen LogP contribution in [-0.2, 0) is 32.6 Å². The van der Waals surface area contributed by atoms with E-state index in [-0.39, 0.29) is 30.3 Å². The van der Waals surface area contributed by atoms with Gasteiger partial charge in [0.2, 0.25) is 21.8 Å². The first-order valence-corrected chi connectivity index (χ1v) is 16.0. The summed E-state index contributed by atoms with van der Waals surface area (Å²) < 4.78 is 38.8. The monoisotopic (exact) mass is 659 g/mol. The van der Waals surface area contributed by atoms with Crippen molar-refractivity contribution >= 4 is 43.5 Å². The van der Waals surface area contributed by atoms with Crippen LogP contribution < -0.4 is 19.1 Å². The van der Waals surface area contributed by atoms with Crippen LogP contribution in [0.1, 0.15) is 31.9 Å². The Labute approximate surface area is 257 Å². The van der Waals surface area contributed by atoms with E-state index in [1.807, 2.05) is 75.4 Å². The van der Waals surface area contributed by atoms with Gasteiger partial charge in [0.05, 0.1) is 26.2 Å². The molecular weight excluding hydrogens is 622 g/mol. The number of sulfonamides is 1. The average molecular weight is 661 g/mol. The highest BCUT2D eigenvalue weighted by atomic mass is 79.9. The van der Waals surface area contributed by atoms with Crippen LogP contribution in [0, 0.1) is 0 Å². The number of nitrogens with one attached hydrogen (secondary N) is 1. The third-order valence-corrected chi connectivity index (χ3v) is 8.02. The fourth-order valence-corrected chi connectivity index (χ4v) is 5.49. The number of anilines is 1. The maximum absolute atomic E-state index is 14.3. The molecule has 0 saturated heterocycles. The molecule has 3 aromatic rings. The molecule has 0 aromatic heterocycles. The number of amides is 2. The summed E-state index contributed by atoms with van der Waals surface area (Å²) in [6.45, 7) is 5.12. The van der Waals surface area contributed by atoms with E-state index in [0.29, 0.717) is 5.75 Å². The molecule has 0 aliphatic carbocycles. The quantitative estimate of drug-likeness (QED) is 0.300. The van der Waals surface area contributed by atoms with E-state index in [4.69, 9.17) is 9.47 Å². The standard InChI is InChI=1S/C31H38BrN3O6S/c1-31(2,3)33-30(37)27(18-22-10-8-7-9-11-22)34(20-23-12-14-24(32)15-13-23)29(36)21-35(42(6,38)39)26-19-25(40-4)16-17-28(26)41-5/h7-17,19,27H,18,20-21H2,1-6H3,(H,33,37). The molecule has 0 spiro atoms. The average Bonchev–Trinajstić information content (AvgIpc) is 2.93. The van der Waals surface area contributed by atoms with Crippen molar-refractivity contribution in [1.82, 2.24) is 10.2 Å². The van der Waals surface area contributed by atoms with Crippen LogP contribution in [0.3, 0.4) is 0 Å². The van der Waals surface area contributed by atoms with Crippen molar-refractivity contribution in [3.8, 4) is 11.5 Å². The first-order chi connectivity index (χ1) is 19.7. The van der Waals surface area contributed by atoms with Gasteiger partial charge in [-0.25, -0.2) is 8.42 Å². The lowest BCUT2D eigenvalue weighted by molar-refractivity contribution is -0.140. The van der Waals surface area contributed by atoms with Crippen LogP contribution in [0.15, 0.2) is 77.3 Å². The first kappa shape index (κ1) is 32.9. The van der Waals surface area contributed by atoms with Gasteiger partial charge in [-0.15, -0.1) is 0 Å². The maximum Gasteiger partial charge on any atom is 0.244 e. The Morgan fingerprint density at radius 1 is 0.929 bits per heavy atom. The van der Waals surface area contributed by atoms with E-state index in [0.717, 1.165) is 26.2 Å². The molecule has 0 aliphatic heterocycles. The van der Waals surface area contributed by atoms with E-state index >= 15 is 0 Å². The van der Waals surface area contributed by atoms with E-state index in [1.54, 1.807) is 12.1 Å². The second kappa shape index (κ2) is 14.1. The lowest BCUT2D eigenvalue weighted by atomic mass is 10.0. The highest BCUT2D eigenvalue weighted by Crippen LogP contribution is 2.34. The fourth-order valence-electron chi connectivity index (χ4n) is 4.38. The van der Waals surface area contributed by atoms with Gasteiger partial charge >= 0.3 is 0 Å². The molecule has 226 valence electrons. The second-order valence-electron chi connectivity index (χ2n) is 10.9. The Morgan fingerprint density at radius 3 is 2.12 bits per heavy atom.